The van der Waals surface area contributed by atoms with E-state index in [0.717, 1.165) is 44.7 Å². The zero-order valence-electron chi connectivity index (χ0n) is 14.8. The van der Waals surface area contributed by atoms with Crippen LogP contribution in [0.2, 0.25) is 0 Å². The number of methoxy groups -OCH3 is 1. The van der Waals surface area contributed by atoms with Gasteiger partial charge in [0.05, 0.1) is 6.54 Å². The average molecular weight is 352 g/mol. The third-order valence-corrected chi connectivity index (χ3v) is 4.08. The predicted molar refractivity (Wildman–Crippen MR) is 90.3 cm³/mol. The van der Waals surface area contributed by atoms with Crippen LogP contribution in [-0.2, 0) is 4.74 Å². The topological polar surface area (TPSA) is 48.9 Å². The van der Waals surface area contributed by atoms with E-state index in [-0.39, 0.29) is 0 Å². The summed E-state index contributed by atoms with van der Waals surface area (Å²) < 4.78 is 42.1. The van der Waals surface area contributed by atoms with Crippen LogP contribution in [0.3, 0.4) is 0 Å². The maximum atomic E-state index is 12.4. The van der Waals surface area contributed by atoms with Crippen LogP contribution in [0.15, 0.2) is 4.99 Å². The number of nitrogens with zero attached hydrogens (tertiary/aromatic N) is 2. The summed E-state index contributed by atoms with van der Waals surface area (Å²) in [6.45, 7) is 5.30. The number of aliphatic imine (C=N–C) groups is 1. The minimum absolute atomic E-state index is 0.485. The SMILES string of the molecule is CCNC(=NCCCOC)NCCC1CCN(CC(F)(F)F)CC1. The van der Waals surface area contributed by atoms with Crippen molar-refractivity contribution in [3.63, 3.8) is 0 Å². The molecule has 0 spiro atoms. The molecule has 0 saturated carbocycles. The summed E-state index contributed by atoms with van der Waals surface area (Å²) in [5.41, 5.74) is 0. The first kappa shape index (κ1) is 21.0. The summed E-state index contributed by atoms with van der Waals surface area (Å²) in [5, 5.41) is 6.49. The first-order valence-corrected chi connectivity index (χ1v) is 8.74. The van der Waals surface area contributed by atoms with Crippen LogP contribution in [0.25, 0.3) is 0 Å². The van der Waals surface area contributed by atoms with E-state index < -0.39 is 12.7 Å². The molecule has 0 aliphatic carbocycles. The van der Waals surface area contributed by atoms with Gasteiger partial charge in [-0.15, -0.1) is 0 Å². The van der Waals surface area contributed by atoms with Gasteiger partial charge in [0, 0.05) is 33.4 Å². The fourth-order valence-corrected chi connectivity index (χ4v) is 2.82. The summed E-state index contributed by atoms with van der Waals surface area (Å²) in [6, 6.07) is 0. The zero-order chi connectivity index (χ0) is 17.8. The average Bonchev–Trinajstić information content (AvgIpc) is 2.52. The number of hydrogen-bond donors (Lipinski definition) is 2. The lowest BCUT2D eigenvalue weighted by molar-refractivity contribution is -0.148. The van der Waals surface area contributed by atoms with Crippen molar-refractivity contribution in [2.45, 2.75) is 38.8 Å². The Balaban J connectivity index is 2.21. The number of guanidine groups is 1. The number of rotatable bonds is 9. The highest BCUT2D eigenvalue weighted by Gasteiger charge is 2.32. The molecule has 24 heavy (non-hydrogen) atoms. The van der Waals surface area contributed by atoms with Gasteiger partial charge in [0.2, 0.25) is 0 Å². The van der Waals surface area contributed by atoms with Gasteiger partial charge in [0.15, 0.2) is 5.96 Å². The van der Waals surface area contributed by atoms with Crippen LogP contribution in [0, 0.1) is 5.92 Å². The Morgan fingerprint density at radius 1 is 1.25 bits per heavy atom. The Morgan fingerprint density at radius 3 is 2.54 bits per heavy atom. The molecule has 1 fully saturated rings. The van der Waals surface area contributed by atoms with Crippen LogP contribution in [0.5, 0.6) is 0 Å². The van der Waals surface area contributed by atoms with E-state index >= 15 is 0 Å². The first-order valence-electron chi connectivity index (χ1n) is 8.74. The van der Waals surface area contributed by atoms with Crippen LogP contribution in [-0.4, -0.2) is 70.0 Å². The highest BCUT2D eigenvalue weighted by Crippen LogP contribution is 2.23. The Kier molecular flexibility index (Phi) is 10.1. The van der Waals surface area contributed by atoms with Crippen molar-refractivity contribution < 1.29 is 17.9 Å². The summed E-state index contributed by atoms with van der Waals surface area (Å²) in [5.74, 6) is 1.28. The van der Waals surface area contributed by atoms with Crippen molar-refractivity contribution in [1.82, 2.24) is 15.5 Å². The quantitative estimate of drug-likeness (QED) is 0.380. The van der Waals surface area contributed by atoms with Crippen molar-refractivity contribution in [2.75, 3.05) is 53.0 Å². The molecule has 1 aliphatic heterocycles. The van der Waals surface area contributed by atoms with Crippen molar-refractivity contribution in [2.24, 2.45) is 10.9 Å². The van der Waals surface area contributed by atoms with Gasteiger partial charge in [0.1, 0.15) is 0 Å². The number of piperidine rings is 1. The molecule has 0 amide bonds. The van der Waals surface area contributed by atoms with Gasteiger partial charge >= 0.3 is 6.18 Å². The normalized spacial score (nSPS) is 18.0. The lowest BCUT2D eigenvalue weighted by Crippen LogP contribution is -2.41. The molecule has 0 bridgehead atoms. The van der Waals surface area contributed by atoms with E-state index in [1.165, 1.54) is 4.90 Å². The standard InChI is InChI=1S/C16H31F3N4O/c1-3-20-15(21-8-4-12-24-2)22-9-5-14-6-10-23(11-7-14)13-16(17,18)19/h14H,3-13H2,1-2H3,(H2,20,21,22). The maximum Gasteiger partial charge on any atom is 0.401 e. The van der Waals surface area contributed by atoms with Gasteiger partial charge in [-0.2, -0.15) is 13.2 Å². The molecule has 1 saturated heterocycles. The number of ether oxygens (including phenoxy) is 1. The molecular weight excluding hydrogens is 321 g/mol. The minimum Gasteiger partial charge on any atom is -0.385 e. The number of halogens is 3. The van der Waals surface area contributed by atoms with Gasteiger partial charge in [-0.1, -0.05) is 0 Å². The third kappa shape index (κ3) is 9.97. The predicted octanol–water partition coefficient (Wildman–Crippen LogP) is 2.24. The number of likely N-dealkylation sites (tertiary alicyclic amines) is 1. The smallest absolute Gasteiger partial charge is 0.385 e. The molecule has 0 unspecified atom stereocenters. The van der Waals surface area contributed by atoms with E-state index in [0.29, 0.717) is 32.2 Å². The summed E-state index contributed by atoms with van der Waals surface area (Å²) in [4.78, 5) is 5.97. The molecule has 5 nitrogen and oxygen atoms in total. The minimum atomic E-state index is -4.09. The van der Waals surface area contributed by atoms with Crippen LogP contribution in [0.1, 0.15) is 32.6 Å². The highest BCUT2D eigenvalue weighted by atomic mass is 19.4. The van der Waals surface area contributed by atoms with Crippen molar-refractivity contribution in [3.8, 4) is 0 Å². The Hall–Kier alpha value is -1.02. The Labute approximate surface area is 143 Å². The summed E-state index contributed by atoms with van der Waals surface area (Å²) >= 11 is 0. The van der Waals surface area contributed by atoms with Gasteiger partial charge in [-0.3, -0.25) is 9.89 Å². The number of nitrogens with one attached hydrogen (secondary N) is 2. The molecule has 1 heterocycles. The molecule has 142 valence electrons. The molecule has 2 N–H and O–H groups in total. The van der Waals surface area contributed by atoms with Gasteiger partial charge < -0.3 is 15.4 Å². The molecule has 1 rings (SSSR count). The zero-order valence-corrected chi connectivity index (χ0v) is 14.8. The second-order valence-corrected chi connectivity index (χ2v) is 6.16. The van der Waals surface area contributed by atoms with E-state index in [4.69, 9.17) is 4.74 Å². The third-order valence-electron chi connectivity index (χ3n) is 4.08. The summed E-state index contributed by atoms with van der Waals surface area (Å²) in [6.07, 6.45) is -0.583. The lowest BCUT2D eigenvalue weighted by atomic mass is 9.93. The Bertz CT molecular complexity index is 356. The lowest BCUT2D eigenvalue weighted by Gasteiger charge is -2.32. The van der Waals surface area contributed by atoms with Crippen LogP contribution >= 0.6 is 0 Å². The second-order valence-electron chi connectivity index (χ2n) is 6.16. The Morgan fingerprint density at radius 2 is 1.96 bits per heavy atom. The van der Waals surface area contributed by atoms with Crippen molar-refractivity contribution >= 4 is 5.96 Å². The molecule has 8 heteroatoms. The van der Waals surface area contributed by atoms with Gasteiger partial charge in [-0.25, -0.2) is 0 Å². The van der Waals surface area contributed by atoms with Crippen molar-refractivity contribution in [3.05, 3.63) is 0 Å². The molecule has 0 aromatic heterocycles. The molecular formula is C16H31F3N4O. The van der Waals surface area contributed by atoms with Gasteiger partial charge in [0.25, 0.3) is 0 Å². The summed E-state index contributed by atoms with van der Waals surface area (Å²) in [7, 11) is 1.67. The van der Waals surface area contributed by atoms with E-state index in [9.17, 15) is 13.2 Å². The second kappa shape index (κ2) is 11.5. The fourth-order valence-electron chi connectivity index (χ4n) is 2.82. The van der Waals surface area contributed by atoms with Crippen molar-refractivity contribution in [1.29, 1.82) is 0 Å². The van der Waals surface area contributed by atoms with Crippen LogP contribution < -0.4 is 10.6 Å². The molecule has 0 radical (unpaired) electrons. The van der Waals surface area contributed by atoms with E-state index in [2.05, 4.69) is 15.6 Å². The monoisotopic (exact) mass is 352 g/mol. The highest BCUT2D eigenvalue weighted by molar-refractivity contribution is 5.79. The maximum absolute atomic E-state index is 12.4. The van der Waals surface area contributed by atoms with Crippen LogP contribution in [0.4, 0.5) is 13.2 Å². The largest absolute Gasteiger partial charge is 0.401 e. The van der Waals surface area contributed by atoms with E-state index in [1.54, 1.807) is 7.11 Å². The molecule has 0 aromatic rings. The van der Waals surface area contributed by atoms with E-state index in [1.807, 2.05) is 6.92 Å². The first-order chi connectivity index (χ1) is 11.4. The number of alkyl halides is 3. The molecule has 0 aromatic carbocycles. The number of hydrogen-bond acceptors (Lipinski definition) is 3. The molecule has 0 atom stereocenters. The van der Waals surface area contributed by atoms with Gasteiger partial charge in [-0.05, 0) is 51.6 Å². The molecule has 1 aliphatic rings. The fraction of sp³-hybridized carbons (Fsp3) is 0.938.